The van der Waals surface area contributed by atoms with Gasteiger partial charge < -0.3 is 0 Å². The van der Waals surface area contributed by atoms with Gasteiger partial charge in [0.1, 0.15) is 0 Å². The van der Waals surface area contributed by atoms with Crippen LogP contribution in [0.1, 0.15) is 22.2 Å². The van der Waals surface area contributed by atoms with Crippen molar-refractivity contribution < 1.29 is 4.79 Å². The molecule has 0 fully saturated rings. The van der Waals surface area contributed by atoms with Crippen molar-refractivity contribution in [1.29, 1.82) is 0 Å². The van der Waals surface area contributed by atoms with Gasteiger partial charge in [0, 0.05) is 12.4 Å². The van der Waals surface area contributed by atoms with Crippen molar-refractivity contribution in [3.05, 3.63) is 39.3 Å². The summed E-state index contributed by atoms with van der Waals surface area (Å²) in [6, 6.07) is 3.49. The third kappa shape index (κ3) is 3.31. The number of carbonyl (C=O) groups is 1. The van der Waals surface area contributed by atoms with Crippen LogP contribution in [0.3, 0.4) is 0 Å². The second kappa shape index (κ2) is 5.82. The van der Waals surface area contributed by atoms with Gasteiger partial charge in [-0.05, 0) is 31.5 Å². The number of nitrogens with zero attached hydrogens (tertiary/aromatic N) is 2. The van der Waals surface area contributed by atoms with Crippen LogP contribution in [0.5, 0.6) is 0 Å². The molecule has 0 aliphatic heterocycles. The fourth-order valence-electron chi connectivity index (χ4n) is 1.30. The number of aromatic nitrogens is 2. The van der Waals surface area contributed by atoms with Crippen molar-refractivity contribution in [3.8, 4) is 0 Å². The molecule has 6 heteroatoms. The Balaban J connectivity index is 2.05. The molecule has 0 radical (unpaired) electrons. The lowest BCUT2D eigenvalue weighted by molar-refractivity contribution is 0.0997. The normalized spacial score (nSPS) is 12.4. The Labute approximate surface area is 119 Å². The van der Waals surface area contributed by atoms with Crippen LogP contribution < -0.4 is 0 Å². The summed E-state index contributed by atoms with van der Waals surface area (Å²) >= 11 is 8.48. The number of aryl methyl sites for hydroxylation is 1. The third-order valence-corrected chi connectivity index (χ3v) is 4.46. The minimum absolute atomic E-state index is 0.0566. The number of rotatable bonds is 4. The zero-order valence-corrected chi connectivity index (χ0v) is 12.3. The summed E-state index contributed by atoms with van der Waals surface area (Å²) in [5.41, 5.74) is 1.00. The lowest BCUT2D eigenvalue weighted by atomic mass is 10.2. The third-order valence-electron chi connectivity index (χ3n) is 2.22. The zero-order chi connectivity index (χ0) is 13.1. The van der Waals surface area contributed by atoms with Gasteiger partial charge in [-0.1, -0.05) is 23.4 Å². The molecule has 2 rings (SSSR count). The van der Waals surface area contributed by atoms with E-state index in [-0.39, 0.29) is 11.0 Å². The first-order chi connectivity index (χ1) is 8.56. The minimum atomic E-state index is -0.220. The van der Waals surface area contributed by atoms with Crippen LogP contribution in [0.15, 0.2) is 29.7 Å². The summed E-state index contributed by atoms with van der Waals surface area (Å²) in [7, 11) is 0. The average Bonchev–Trinajstić information content (AvgIpc) is 2.78. The van der Waals surface area contributed by atoms with Gasteiger partial charge >= 0.3 is 0 Å². The maximum Gasteiger partial charge on any atom is 0.188 e. The van der Waals surface area contributed by atoms with E-state index in [4.69, 9.17) is 11.6 Å². The van der Waals surface area contributed by atoms with Crippen molar-refractivity contribution in [3.63, 3.8) is 0 Å². The number of halogens is 1. The van der Waals surface area contributed by atoms with E-state index < -0.39 is 0 Å². The number of carbonyl (C=O) groups excluding carboxylic acids is 1. The summed E-state index contributed by atoms with van der Waals surface area (Å²) in [6.45, 7) is 3.78. The summed E-state index contributed by atoms with van der Waals surface area (Å²) < 4.78 is 0.627. The molecule has 94 valence electrons. The lowest BCUT2D eigenvalue weighted by Gasteiger charge is -2.07. The first-order valence-electron chi connectivity index (χ1n) is 5.31. The Morgan fingerprint density at radius 2 is 2.06 bits per heavy atom. The van der Waals surface area contributed by atoms with Gasteiger partial charge in [-0.3, -0.25) is 4.79 Å². The first kappa shape index (κ1) is 13.5. The number of hydrogen-bond donors (Lipinski definition) is 0. The zero-order valence-electron chi connectivity index (χ0n) is 9.88. The van der Waals surface area contributed by atoms with Gasteiger partial charge in [0.2, 0.25) is 0 Å². The second-order valence-electron chi connectivity index (χ2n) is 3.77. The van der Waals surface area contributed by atoms with E-state index in [1.165, 1.54) is 23.1 Å². The predicted molar refractivity (Wildman–Crippen MR) is 75.7 cm³/mol. The molecule has 2 heterocycles. The van der Waals surface area contributed by atoms with Gasteiger partial charge in [0.15, 0.2) is 10.9 Å². The van der Waals surface area contributed by atoms with Crippen LogP contribution in [-0.4, -0.2) is 21.0 Å². The Bertz CT molecular complexity index is 553. The van der Waals surface area contributed by atoms with Crippen LogP contribution in [0.2, 0.25) is 4.34 Å². The summed E-state index contributed by atoms with van der Waals surface area (Å²) in [5.74, 6) is 0.0566. The number of ketones is 1. The molecule has 1 atom stereocenters. The van der Waals surface area contributed by atoms with E-state index in [0.717, 1.165) is 5.56 Å². The van der Waals surface area contributed by atoms with E-state index in [1.807, 2.05) is 13.8 Å². The van der Waals surface area contributed by atoms with E-state index in [0.29, 0.717) is 14.4 Å². The molecule has 0 aliphatic rings. The standard InChI is InChI=1S/C12H11ClN2OS2/c1-7-5-14-12(15-6-7)17-8(2)11(16)9-3-4-10(13)18-9/h3-6,8H,1-2H3. The number of thiophene rings is 1. The van der Waals surface area contributed by atoms with Crippen LogP contribution in [0.4, 0.5) is 0 Å². The van der Waals surface area contributed by atoms with E-state index in [9.17, 15) is 4.79 Å². The topological polar surface area (TPSA) is 42.9 Å². The highest BCUT2D eigenvalue weighted by Crippen LogP contribution is 2.27. The molecule has 0 saturated carbocycles. The Kier molecular flexibility index (Phi) is 4.37. The Morgan fingerprint density at radius 1 is 1.39 bits per heavy atom. The first-order valence-corrected chi connectivity index (χ1v) is 7.38. The Morgan fingerprint density at radius 3 is 2.61 bits per heavy atom. The lowest BCUT2D eigenvalue weighted by Crippen LogP contribution is -2.12. The smallest absolute Gasteiger partial charge is 0.188 e. The predicted octanol–water partition coefficient (Wildman–Crippen LogP) is 3.86. The fourth-order valence-corrected chi connectivity index (χ4v) is 3.22. The maximum atomic E-state index is 12.1. The van der Waals surface area contributed by atoms with Gasteiger partial charge in [-0.2, -0.15) is 0 Å². The van der Waals surface area contributed by atoms with Gasteiger partial charge in [-0.25, -0.2) is 9.97 Å². The molecule has 0 aromatic carbocycles. The molecular formula is C12H11ClN2OS2. The molecular weight excluding hydrogens is 288 g/mol. The molecule has 18 heavy (non-hydrogen) atoms. The number of thioether (sulfide) groups is 1. The molecule has 1 unspecified atom stereocenters. The highest BCUT2D eigenvalue weighted by molar-refractivity contribution is 8.00. The van der Waals surface area contributed by atoms with Crippen molar-refractivity contribution in [1.82, 2.24) is 9.97 Å². The van der Waals surface area contributed by atoms with Gasteiger partial charge in [0.25, 0.3) is 0 Å². The molecule has 0 amide bonds. The minimum Gasteiger partial charge on any atom is -0.292 e. The molecule has 0 spiro atoms. The van der Waals surface area contributed by atoms with Crippen molar-refractivity contribution in [2.24, 2.45) is 0 Å². The molecule has 3 nitrogen and oxygen atoms in total. The number of Topliss-reactive ketones (excluding diaryl/α,β-unsaturated/α-hetero) is 1. The molecule has 2 aromatic heterocycles. The SMILES string of the molecule is Cc1cnc(SC(C)C(=O)c2ccc(Cl)s2)nc1. The largest absolute Gasteiger partial charge is 0.292 e. The van der Waals surface area contributed by atoms with Crippen LogP contribution in [0.25, 0.3) is 0 Å². The van der Waals surface area contributed by atoms with Crippen molar-refractivity contribution in [2.45, 2.75) is 24.3 Å². The summed E-state index contributed by atoms with van der Waals surface area (Å²) in [4.78, 5) is 21.1. The van der Waals surface area contributed by atoms with Gasteiger partial charge in [-0.15, -0.1) is 11.3 Å². The molecule has 2 aromatic rings. The van der Waals surface area contributed by atoms with Crippen LogP contribution >= 0.6 is 34.7 Å². The van der Waals surface area contributed by atoms with Crippen LogP contribution in [0, 0.1) is 6.92 Å². The molecule has 0 N–H and O–H groups in total. The molecule has 0 saturated heterocycles. The van der Waals surface area contributed by atoms with Crippen LogP contribution in [-0.2, 0) is 0 Å². The second-order valence-corrected chi connectivity index (χ2v) is 6.79. The average molecular weight is 299 g/mol. The summed E-state index contributed by atoms with van der Waals surface area (Å²) in [5, 5.41) is 0.395. The van der Waals surface area contributed by atoms with Crippen molar-refractivity contribution >= 4 is 40.5 Å². The highest BCUT2D eigenvalue weighted by atomic mass is 35.5. The van der Waals surface area contributed by atoms with E-state index in [1.54, 1.807) is 24.5 Å². The van der Waals surface area contributed by atoms with Gasteiger partial charge in [0.05, 0.1) is 14.5 Å². The quantitative estimate of drug-likeness (QED) is 0.488. The Hall–Kier alpha value is -0.910. The fraction of sp³-hybridized carbons (Fsp3) is 0.250. The summed E-state index contributed by atoms with van der Waals surface area (Å²) in [6.07, 6.45) is 3.49. The highest BCUT2D eigenvalue weighted by Gasteiger charge is 2.19. The van der Waals surface area contributed by atoms with E-state index >= 15 is 0 Å². The number of hydrogen-bond acceptors (Lipinski definition) is 5. The molecule has 0 bridgehead atoms. The monoisotopic (exact) mass is 298 g/mol. The molecule has 0 aliphatic carbocycles. The maximum absolute atomic E-state index is 12.1. The van der Waals surface area contributed by atoms with E-state index in [2.05, 4.69) is 9.97 Å². The van der Waals surface area contributed by atoms with Crippen molar-refractivity contribution in [2.75, 3.05) is 0 Å².